The summed E-state index contributed by atoms with van der Waals surface area (Å²) in [7, 11) is 1.32. The van der Waals surface area contributed by atoms with Crippen LogP contribution in [0.4, 0.5) is 0 Å². The first-order chi connectivity index (χ1) is 6.72. The monoisotopic (exact) mass is 210 g/mol. The lowest BCUT2D eigenvalue weighted by atomic mass is 10.3. The molecule has 0 amide bonds. The molecule has 0 aliphatic carbocycles. The minimum absolute atomic E-state index is 0.366. The average Bonchev–Trinajstić information content (AvgIpc) is 2.62. The Morgan fingerprint density at radius 1 is 1.64 bits per heavy atom. The first-order valence-electron chi connectivity index (χ1n) is 3.93. The van der Waals surface area contributed by atoms with Gasteiger partial charge in [0.05, 0.1) is 12.1 Å². The molecule has 72 valence electrons. The predicted molar refractivity (Wildman–Crippen MR) is 51.5 cm³/mol. The van der Waals surface area contributed by atoms with Gasteiger partial charge in [0.25, 0.3) is 0 Å². The van der Waals surface area contributed by atoms with Crippen LogP contribution in [0.2, 0.25) is 5.02 Å². The molecule has 0 spiro atoms. The summed E-state index contributed by atoms with van der Waals surface area (Å²) in [5.74, 6) is -0.441. The zero-order valence-electron chi connectivity index (χ0n) is 7.40. The van der Waals surface area contributed by atoms with Crippen molar-refractivity contribution >= 4 is 23.2 Å². The van der Waals surface area contributed by atoms with E-state index in [4.69, 9.17) is 11.6 Å². The van der Waals surface area contributed by atoms with Gasteiger partial charge >= 0.3 is 5.97 Å². The van der Waals surface area contributed by atoms with Crippen molar-refractivity contribution in [2.45, 2.75) is 0 Å². The van der Waals surface area contributed by atoms with E-state index in [9.17, 15) is 4.79 Å². The third-order valence-corrected chi connectivity index (χ3v) is 2.07. The molecule has 4 nitrogen and oxygen atoms in total. The third kappa shape index (κ3) is 1.33. The quantitative estimate of drug-likeness (QED) is 0.674. The molecule has 0 saturated carbocycles. The number of nitrogens with zero attached hydrogens (tertiary/aromatic N) is 2. The Hall–Kier alpha value is -1.55. The van der Waals surface area contributed by atoms with Gasteiger partial charge in [0, 0.05) is 18.6 Å². The fourth-order valence-corrected chi connectivity index (χ4v) is 1.47. The molecule has 0 aromatic carbocycles. The Morgan fingerprint density at radius 2 is 2.43 bits per heavy atom. The van der Waals surface area contributed by atoms with Crippen LogP contribution in [0.1, 0.15) is 10.4 Å². The zero-order valence-corrected chi connectivity index (χ0v) is 8.15. The number of halogens is 1. The molecule has 0 saturated heterocycles. The van der Waals surface area contributed by atoms with E-state index in [2.05, 4.69) is 9.72 Å². The maximum atomic E-state index is 11.3. The van der Waals surface area contributed by atoms with Crippen molar-refractivity contribution in [3.8, 4) is 0 Å². The standard InChI is InChI=1S/C9H7ClN2O2/c1-14-9(13)7-4-6(10)5-12-3-2-11-8(7)12/h2-5H,1H3. The Balaban J connectivity index is 2.72. The number of methoxy groups -OCH3 is 1. The summed E-state index contributed by atoms with van der Waals surface area (Å²) in [5.41, 5.74) is 0.909. The molecular weight excluding hydrogens is 204 g/mol. The van der Waals surface area contributed by atoms with Gasteiger partial charge in [-0.2, -0.15) is 0 Å². The van der Waals surface area contributed by atoms with Gasteiger partial charge in [0.2, 0.25) is 0 Å². The fraction of sp³-hybridized carbons (Fsp3) is 0.111. The highest BCUT2D eigenvalue weighted by atomic mass is 35.5. The Morgan fingerprint density at radius 3 is 3.14 bits per heavy atom. The van der Waals surface area contributed by atoms with Crippen LogP contribution in [-0.4, -0.2) is 22.5 Å². The number of ether oxygens (including phenoxy) is 1. The summed E-state index contributed by atoms with van der Waals surface area (Å²) < 4.78 is 6.29. The fourth-order valence-electron chi connectivity index (χ4n) is 1.26. The lowest BCUT2D eigenvalue weighted by Gasteiger charge is -2.02. The highest BCUT2D eigenvalue weighted by molar-refractivity contribution is 6.31. The van der Waals surface area contributed by atoms with E-state index in [1.54, 1.807) is 23.0 Å². The summed E-state index contributed by atoms with van der Waals surface area (Å²) in [4.78, 5) is 15.4. The van der Waals surface area contributed by atoms with Gasteiger partial charge in [-0.25, -0.2) is 9.78 Å². The molecule has 0 aliphatic heterocycles. The topological polar surface area (TPSA) is 43.6 Å². The van der Waals surface area contributed by atoms with E-state index in [1.807, 2.05) is 0 Å². The molecule has 2 aromatic heterocycles. The summed E-state index contributed by atoms with van der Waals surface area (Å²) in [6.07, 6.45) is 4.99. The number of rotatable bonds is 1. The van der Waals surface area contributed by atoms with Crippen molar-refractivity contribution in [2.24, 2.45) is 0 Å². The number of aromatic nitrogens is 2. The first kappa shape index (κ1) is 9.02. The maximum Gasteiger partial charge on any atom is 0.341 e. The second-order valence-corrected chi connectivity index (χ2v) is 3.16. The number of esters is 1. The highest BCUT2D eigenvalue weighted by Crippen LogP contribution is 2.16. The van der Waals surface area contributed by atoms with Crippen LogP contribution in [0.5, 0.6) is 0 Å². The van der Waals surface area contributed by atoms with Crippen LogP contribution < -0.4 is 0 Å². The second-order valence-electron chi connectivity index (χ2n) is 2.72. The predicted octanol–water partition coefficient (Wildman–Crippen LogP) is 1.77. The van der Waals surface area contributed by atoms with Crippen LogP contribution in [-0.2, 0) is 4.74 Å². The van der Waals surface area contributed by atoms with E-state index >= 15 is 0 Å². The number of pyridine rings is 1. The molecular formula is C9H7ClN2O2. The van der Waals surface area contributed by atoms with Crippen molar-refractivity contribution in [3.05, 3.63) is 35.2 Å². The SMILES string of the molecule is COC(=O)c1cc(Cl)cn2ccnc12. The van der Waals surface area contributed by atoms with Crippen molar-refractivity contribution in [2.75, 3.05) is 7.11 Å². The second kappa shape index (κ2) is 3.31. The van der Waals surface area contributed by atoms with E-state index in [-0.39, 0.29) is 0 Å². The van der Waals surface area contributed by atoms with Gasteiger partial charge in [-0.05, 0) is 6.07 Å². The van der Waals surface area contributed by atoms with Gasteiger partial charge in [0.15, 0.2) is 5.65 Å². The van der Waals surface area contributed by atoms with Gasteiger partial charge in [0.1, 0.15) is 5.56 Å². The molecule has 0 aliphatic rings. The number of hydrogen-bond donors (Lipinski definition) is 0. The van der Waals surface area contributed by atoms with Crippen LogP contribution in [0.3, 0.4) is 0 Å². The van der Waals surface area contributed by atoms with E-state index in [0.29, 0.717) is 16.2 Å². The summed E-state index contributed by atoms with van der Waals surface area (Å²) in [5, 5.41) is 0.468. The lowest BCUT2D eigenvalue weighted by molar-refractivity contribution is 0.0602. The van der Waals surface area contributed by atoms with Gasteiger partial charge in [-0.15, -0.1) is 0 Å². The van der Waals surface area contributed by atoms with Gasteiger partial charge in [-0.3, -0.25) is 0 Å². The number of carbonyl (C=O) groups is 1. The normalized spacial score (nSPS) is 10.4. The number of imidazole rings is 1. The van der Waals surface area contributed by atoms with Crippen molar-refractivity contribution in [1.82, 2.24) is 9.38 Å². The smallest absolute Gasteiger partial charge is 0.341 e. The minimum Gasteiger partial charge on any atom is -0.465 e. The molecule has 14 heavy (non-hydrogen) atoms. The Kier molecular flexibility index (Phi) is 2.13. The molecule has 2 aromatic rings. The minimum atomic E-state index is -0.441. The molecule has 2 rings (SSSR count). The van der Waals surface area contributed by atoms with E-state index in [0.717, 1.165) is 0 Å². The van der Waals surface area contributed by atoms with Gasteiger partial charge in [-0.1, -0.05) is 11.6 Å². The van der Waals surface area contributed by atoms with E-state index in [1.165, 1.54) is 13.2 Å². The molecule has 0 radical (unpaired) electrons. The average molecular weight is 211 g/mol. The number of carbonyl (C=O) groups excluding carboxylic acids is 1. The van der Waals surface area contributed by atoms with E-state index < -0.39 is 5.97 Å². The molecule has 0 bridgehead atoms. The summed E-state index contributed by atoms with van der Waals surface area (Å²) >= 11 is 5.83. The summed E-state index contributed by atoms with van der Waals surface area (Å²) in [6, 6.07) is 1.54. The molecule has 0 fully saturated rings. The molecule has 2 heterocycles. The van der Waals surface area contributed by atoms with Crippen LogP contribution in [0.15, 0.2) is 24.7 Å². The lowest BCUT2D eigenvalue weighted by Crippen LogP contribution is -2.04. The Labute approximate surface area is 85.1 Å². The molecule has 0 N–H and O–H groups in total. The third-order valence-electron chi connectivity index (χ3n) is 1.86. The Bertz CT molecular complexity index is 493. The maximum absolute atomic E-state index is 11.3. The van der Waals surface area contributed by atoms with Gasteiger partial charge < -0.3 is 9.14 Å². The first-order valence-corrected chi connectivity index (χ1v) is 4.30. The van der Waals surface area contributed by atoms with Crippen molar-refractivity contribution in [1.29, 1.82) is 0 Å². The van der Waals surface area contributed by atoms with Crippen molar-refractivity contribution < 1.29 is 9.53 Å². The largest absolute Gasteiger partial charge is 0.465 e. The van der Waals surface area contributed by atoms with Crippen LogP contribution >= 0.6 is 11.6 Å². The molecule has 0 atom stereocenters. The molecule has 5 heteroatoms. The number of fused-ring (bicyclic) bond motifs is 1. The van der Waals surface area contributed by atoms with Crippen molar-refractivity contribution in [3.63, 3.8) is 0 Å². The highest BCUT2D eigenvalue weighted by Gasteiger charge is 2.12. The van der Waals surface area contributed by atoms with Crippen LogP contribution in [0.25, 0.3) is 5.65 Å². The van der Waals surface area contributed by atoms with Crippen LogP contribution in [0, 0.1) is 0 Å². The number of hydrogen-bond acceptors (Lipinski definition) is 3. The molecule has 0 unspecified atom stereocenters. The summed E-state index contributed by atoms with van der Waals surface area (Å²) in [6.45, 7) is 0. The zero-order chi connectivity index (χ0) is 10.1.